The third kappa shape index (κ3) is 4.66. The van der Waals surface area contributed by atoms with E-state index < -0.39 is 11.2 Å². The van der Waals surface area contributed by atoms with Crippen LogP contribution in [0, 0.1) is 5.92 Å². The van der Waals surface area contributed by atoms with Crippen molar-refractivity contribution in [1.82, 2.24) is 0 Å². The van der Waals surface area contributed by atoms with E-state index >= 15 is 0 Å². The van der Waals surface area contributed by atoms with Crippen LogP contribution in [0.25, 0.3) is 0 Å². The van der Waals surface area contributed by atoms with Gasteiger partial charge in [0.2, 0.25) is 0 Å². The third-order valence-electron chi connectivity index (χ3n) is 4.09. The fourth-order valence-corrected chi connectivity index (χ4v) is 2.85. The van der Waals surface area contributed by atoms with Gasteiger partial charge < -0.3 is 0 Å². The molecule has 0 aliphatic heterocycles. The van der Waals surface area contributed by atoms with Gasteiger partial charge in [0.05, 0.1) is 0 Å². The van der Waals surface area contributed by atoms with E-state index in [-0.39, 0.29) is 0 Å². The number of benzene rings is 2. The van der Waals surface area contributed by atoms with E-state index in [9.17, 15) is 0 Å². The van der Waals surface area contributed by atoms with Crippen molar-refractivity contribution in [2.75, 3.05) is 0 Å². The Hall–Kier alpha value is -1.64. The zero-order valence-electron chi connectivity index (χ0n) is 14.9. The Kier molecular flexibility index (Phi) is 5.61. The summed E-state index contributed by atoms with van der Waals surface area (Å²) in [6.45, 7) is 10.6. The van der Waals surface area contributed by atoms with Crippen LogP contribution in [0.2, 0.25) is 0 Å². The van der Waals surface area contributed by atoms with Crippen molar-refractivity contribution >= 4 is 0 Å². The molecule has 0 saturated heterocycles. The molecule has 0 N–H and O–H groups in total. The zero-order chi connectivity index (χ0) is 16.9. The van der Waals surface area contributed by atoms with Gasteiger partial charge in [0.15, 0.2) is 0 Å². The zero-order valence-corrected chi connectivity index (χ0v) is 14.9. The molecule has 0 aromatic heterocycles. The highest BCUT2D eigenvalue weighted by Crippen LogP contribution is 2.36. The van der Waals surface area contributed by atoms with E-state index in [1.54, 1.807) is 0 Å². The van der Waals surface area contributed by atoms with Crippen LogP contribution in [-0.2, 0) is 21.0 Å². The largest absolute Gasteiger partial charge is 0.225 e. The fraction of sp³-hybridized carbons (Fsp3) is 0.429. The monoisotopic (exact) mass is 312 g/mol. The number of hydrogen-bond donors (Lipinski definition) is 0. The van der Waals surface area contributed by atoms with Crippen LogP contribution in [0.15, 0.2) is 60.7 Å². The summed E-state index contributed by atoms with van der Waals surface area (Å²) in [5.41, 5.74) is 1.26. The Labute approximate surface area is 140 Å². The Morgan fingerprint density at radius 2 is 1.22 bits per heavy atom. The summed E-state index contributed by atoms with van der Waals surface area (Å²) in [6, 6.07) is 20.5. The Morgan fingerprint density at radius 3 is 1.70 bits per heavy atom. The van der Waals surface area contributed by atoms with Crippen molar-refractivity contribution in [2.24, 2.45) is 5.92 Å². The molecule has 0 bridgehead atoms. The molecular weight excluding hydrogens is 284 g/mol. The molecular formula is C21H28O2. The minimum absolute atomic E-state index is 0.471. The topological polar surface area (TPSA) is 18.5 Å². The van der Waals surface area contributed by atoms with Gasteiger partial charge in [0.25, 0.3) is 0 Å². The smallest absolute Gasteiger partial charge is 0.126 e. The van der Waals surface area contributed by atoms with Crippen molar-refractivity contribution in [3.8, 4) is 0 Å². The predicted octanol–water partition coefficient (Wildman–Crippen LogP) is 5.83. The Balaban J connectivity index is 2.19. The molecule has 1 atom stereocenters. The van der Waals surface area contributed by atoms with Crippen LogP contribution >= 0.6 is 0 Å². The van der Waals surface area contributed by atoms with Crippen LogP contribution < -0.4 is 0 Å². The van der Waals surface area contributed by atoms with Crippen molar-refractivity contribution in [1.29, 1.82) is 0 Å². The van der Waals surface area contributed by atoms with Crippen molar-refractivity contribution in [2.45, 2.75) is 52.2 Å². The summed E-state index contributed by atoms with van der Waals surface area (Å²) in [4.78, 5) is 12.0. The molecule has 1 unspecified atom stereocenters. The summed E-state index contributed by atoms with van der Waals surface area (Å²) < 4.78 is 0. The summed E-state index contributed by atoms with van der Waals surface area (Å²) in [6.07, 6.45) is 0.891. The lowest BCUT2D eigenvalue weighted by molar-refractivity contribution is -0.416. The third-order valence-corrected chi connectivity index (χ3v) is 4.09. The molecule has 124 valence electrons. The van der Waals surface area contributed by atoms with E-state index in [1.165, 1.54) is 0 Å². The summed E-state index contributed by atoms with van der Waals surface area (Å²) in [5, 5.41) is 0. The van der Waals surface area contributed by atoms with E-state index in [4.69, 9.17) is 9.78 Å². The number of rotatable bonds is 7. The SMILES string of the molecule is CC(C)CC(C)(OOC(C)(C)c1ccccc1)c1ccccc1. The lowest BCUT2D eigenvalue weighted by Gasteiger charge is -2.35. The molecule has 0 heterocycles. The molecule has 0 fully saturated rings. The highest BCUT2D eigenvalue weighted by molar-refractivity contribution is 5.22. The van der Waals surface area contributed by atoms with Crippen molar-refractivity contribution in [3.63, 3.8) is 0 Å². The second kappa shape index (κ2) is 7.29. The van der Waals surface area contributed by atoms with Crippen LogP contribution in [0.5, 0.6) is 0 Å². The lowest BCUT2D eigenvalue weighted by atomic mass is 9.87. The second-order valence-electron chi connectivity index (χ2n) is 7.24. The maximum atomic E-state index is 6.05. The lowest BCUT2D eigenvalue weighted by Crippen LogP contribution is -2.33. The van der Waals surface area contributed by atoms with Gasteiger partial charge in [-0.15, -0.1) is 0 Å². The van der Waals surface area contributed by atoms with Gasteiger partial charge >= 0.3 is 0 Å². The van der Waals surface area contributed by atoms with E-state index in [0.29, 0.717) is 5.92 Å². The molecule has 2 aromatic rings. The summed E-state index contributed by atoms with van der Waals surface area (Å²) in [7, 11) is 0. The fourth-order valence-electron chi connectivity index (χ4n) is 2.85. The van der Waals surface area contributed by atoms with Crippen molar-refractivity contribution < 1.29 is 9.78 Å². The molecule has 2 nitrogen and oxygen atoms in total. The molecule has 0 aliphatic rings. The molecule has 0 aliphatic carbocycles. The Bertz CT molecular complexity index is 590. The molecule has 2 heteroatoms. The van der Waals surface area contributed by atoms with Gasteiger partial charge in [-0.3, -0.25) is 0 Å². The highest BCUT2D eigenvalue weighted by Gasteiger charge is 2.33. The quantitative estimate of drug-likeness (QED) is 0.473. The molecule has 0 saturated carbocycles. The minimum Gasteiger partial charge on any atom is -0.225 e. The van der Waals surface area contributed by atoms with E-state index in [2.05, 4.69) is 45.0 Å². The average molecular weight is 312 g/mol. The molecule has 0 amide bonds. The van der Waals surface area contributed by atoms with Gasteiger partial charge in [-0.05, 0) is 44.2 Å². The molecule has 0 spiro atoms. The van der Waals surface area contributed by atoms with Gasteiger partial charge in [0.1, 0.15) is 11.2 Å². The maximum Gasteiger partial charge on any atom is 0.126 e. The van der Waals surface area contributed by atoms with Crippen LogP contribution in [0.3, 0.4) is 0 Å². The summed E-state index contributed by atoms with van der Waals surface area (Å²) in [5.74, 6) is 0.503. The second-order valence-corrected chi connectivity index (χ2v) is 7.24. The molecule has 2 rings (SSSR count). The van der Waals surface area contributed by atoms with Gasteiger partial charge in [0, 0.05) is 0 Å². The first kappa shape index (κ1) is 17.7. The highest BCUT2D eigenvalue weighted by atomic mass is 17.2. The van der Waals surface area contributed by atoms with Gasteiger partial charge in [-0.2, -0.15) is 0 Å². The standard InChI is InChI=1S/C21H28O2/c1-17(2)16-21(5,19-14-10-7-11-15-19)23-22-20(3,4)18-12-8-6-9-13-18/h6-15,17H,16H2,1-5H3. The van der Waals surface area contributed by atoms with E-state index in [0.717, 1.165) is 17.5 Å². The van der Waals surface area contributed by atoms with Crippen LogP contribution in [0.4, 0.5) is 0 Å². The van der Waals surface area contributed by atoms with Crippen molar-refractivity contribution in [3.05, 3.63) is 71.8 Å². The predicted molar refractivity (Wildman–Crippen MR) is 94.9 cm³/mol. The summed E-state index contributed by atoms with van der Waals surface area (Å²) >= 11 is 0. The normalized spacial score (nSPS) is 14.7. The van der Waals surface area contributed by atoms with E-state index in [1.807, 2.05) is 50.2 Å². The maximum absolute atomic E-state index is 6.05. The first-order chi connectivity index (χ1) is 10.8. The van der Waals surface area contributed by atoms with Gasteiger partial charge in [-0.1, -0.05) is 74.5 Å². The molecule has 2 aromatic carbocycles. The molecule has 23 heavy (non-hydrogen) atoms. The average Bonchev–Trinajstić information content (AvgIpc) is 2.54. The molecule has 0 radical (unpaired) electrons. The minimum atomic E-state index is -0.506. The first-order valence-electron chi connectivity index (χ1n) is 8.31. The first-order valence-corrected chi connectivity index (χ1v) is 8.31. The number of hydrogen-bond acceptors (Lipinski definition) is 2. The Morgan fingerprint density at radius 1 is 0.739 bits per heavy atom. The van der Waals surface area contributed by atoms with Gasteiger partial charge in [-0.25, -0.2) is 9.78 Å². The van der Waals surface area contributed by atoms with Crippen LogP contribution in [-0.4, -0.2) is 0 Å². The van der Waals surface area contributed by atoms with Crippen LogP contribution in [0.1, 0.15) is 52.2 Å².